The summed E-state index contributed by atoms with van der Waals surface area (Å²) >= 11 is 0. The maximum Gasteiger partial charge on any atom is 0.220 e. The molecule has 1 rings (SSSR count). The van der Waals surface area contributed by atoms with E-state index in [0.717, 1.165) is 122 Å². The molecule has 0 aromatic heterocycles. The fourth-order valence-electron chi connectivity index (χ4n) is 6.75. The summed E-state index contributed by atoms with van der Waals surface area (Å²) in [6.07, 6.45) is 67.6. The van der Waals surface area contributed by atoms with Gasteiger partial charge in [0.2, 0.25) is 5.91 Å². The number of hydrogen-bond donors (Lipinski definition) is 6. The zero-order valence-corrected chi connectivity index (χ0v) is 41.8. The van der Waals surface area contributed by atoms with Crippen molar-refractivity contribution in [3.8, 4) is 0 Å². The second-order valence-electron chi connectivity index (χ2n) is 16.9. The van der Waals surface area contributed by atoms with Crippen molar-refractivity contribution in [3.05, 3.63) is 158 Å². The highest BCUT2D eigenvalue weighted by Crippen LogP contribution is 2.22. The standard InChI is InChI=1S/C59H91NO8/c1-3-5-7-9-11-13-14-15-16-17-18-19-20-21-22-23-24-25-26-27-28-29-30-31-32-33-34-35-36-37-38-39-40-41-43-45-47-49-55(63)60-52(53(62)48-46-44-42-12-10-8-6-4-2)51-67-59-58(66)57(65)56(64)54(50-61)68-59/h5,7,10-13,15-16,18-19,21-22,24-25,27-28,30-31,33-34,36-37,39-40,46,48,52-54,56-59,61-62,64-66H,3-4,6,8-9,14,17,20,23,26,29,32,35,38,41-45,47,49-51H2,1-2H3,(H,60,63)/b7-5-,12-10+,13-11-,16-15-,19-18-,22-21-,25-24-,28-27-,31-30-,34-33-,37-36-,40-39-,48-46+. The Morgan fingerprint density at radius 1 is 0.515 bits per heavy atom. The highest BCUT2D eigenvalue weighted by atomic mass is 16.7. The Hall–Kier alpha value is -4.19. The van der Waals surface area contributed by atoms with Crippen LogP contribution in [0.25, 0.3) is 0 Å². The van der Waals surface area contributed by atoms with Crippen molar-refractivity contribution < 1.29 is 39.8 Å². The predicted octanol–water partition coefficient (Wildman–Crippen LogP) is 12.1. The molecule has 0 saturated carbocycles. The van der Waals surface area contributed by atoms with E-state index >= 15 is 0 Å². The molecule has 9 nitrogen and oxygen atoms in total. The number of aliphatic hydroxyl groups is 5. The van der Waals surface area contributed by atoms with Gasteiger partial charge in [-0.3, -0.25) is 4.79 Å². The highest BCUT2D eigenvalue weighted by Gasteiger charge is 2.44. The minimum absolute atomic E-state index is 0.227. The number of carbonyl (C=O) groups excluding carboxylic acids is 1. The van der Waals surface area contributed by atoms with E-state index in [1.165, 1.54) is 0 Å². The second-order valence-corrected chi connectivity index (χ2v) is 16.9. The lowest BCUT2D eigenvalue weighted by Gasteiger charge is -2.40. The quantitative estimate of drug-likeness (QED) is 0.0263. The zero-order valence-electron chi connectivity index (χ0n) is 41.8. The topological polar surface area (TPSA) is 149 Å². The van der Waals surface area contributed by atoms with E-state index in [4.69, 9.17) is 9.47 Å². The van der Waals surface area contributed by atoms with Crippen LogP contribution in [0.3, 0.4) is 0 Å². The summed E-state index contributed by atoms with van der Waals surface area (Å²) in [4.78, 5) is 12.9. The molecule has 1 saturated heterocycles. The number of hydrogen-bond acceptors (Lipinski definition) is 8. The molecule has 0 bridgehead atoms. The van der Waals surface area contributed by atoms with Crippen LogP contribution in [0.5, 0.6) is 0 Å². The van der Waals surface area contributed by atoms with Crippen LogP contribution in [0.1, 0.15) is 149 Å². The van der Waals surface area contributed by atoms with Gasteiger partial charge in [-0.2, -0.15) is 0 Å². The monoisotopic (exact) mass is 942 g/mol. The number of unbranched alkanes of at least 4 members (excludes halogenated alkanes) is 6. The molecule has 0 radical (unpaired) electrons. The van der Waals surface area contributed by atoms with Gasteiger partial charge in [-0.15, -0.1) is 0 Å². The van der Waals surface area contributed by atoms with Gasteiger partial charge in [-0.25, -0.2) is 0 Å². The Labute approximate surface area is 412 Å². The Bertz CT molecular complexity index is 1610. The summed E-state index contributed by atoms with van der Waals surface area (Å²) in [5.41, 5.74) is 0. The van der Waals surface area contributed by atoms with Crippen LogP contribution in [0.15, 0.2) is 158 Å². The molecule has 0 spiro atoms. The Morgan fingerprint density at radius 2 is 0.926 bits per heavy atom. The summed E-state index contributed by atoms with van der Waals surface area (Å²) in [5, 5.41) is 53.9. The van der Waals surface area contributed by atoms with Crippen molar-refractivity contribution in [2.75, 3.05) is 13.2 Å². The van der Waals surface area contributed by atoms with Gasteiger partial charge in [0.15, 0.2) is 6.29 Å². The van der Waals surface area contributed by atoms with Gasteiger partial charge in [0.05, 0.1) is 25.4 Å². The number of nitrogens with one attached hydrogen (secondary N) is 1. The molecule has 1 fully saturated rings. The third-order valence-corrected chi connectivity index (χ3v) is 10.8. The van der Waals surface area contributed by atoms with E-state index in [1.54, 1.807) is 6.08 Å². The lowest BCUT2D eigenvalue weighted by Crippen LogP contribution is -2.60. The maximum atomic E-state index is 12.9. The number of aliphatic hydroxyl groups excluding tert-OH is 5. The Morgan fingerprint density at radius 3 is 1.38 bits per heavy atom. The van der Waals surface area contributed by atoms with Crippen LogP contribution >= 0.6 is 0 Å². The van der Waals surface area contributed by atoms with Crippen LogP contribution in [0.4, 0.5) is 0 Å². The van der Waals surface area contributed by atoms with Crippen LogP contribution in [0, 0.1) is 0 Å². The number of ether oxygens (including phenoxy) is 2. The second kappa shape index (κ2) is 46.5. The third kappa shape index (κ3) is 35.9. The SMILES string of the molecule is CC/C=C\C/C=C\C/C=C\C/C=C\C/C=C\C/C=C\C/C=C\C/C=C\C/C=C\C/C=C\C/C=C\CCCCCC(=O)NC(COC1OC(CO)C(O)C(O)C1O)C(O)/C=C/CC/C=C/CCCC. The number of rotatable bonds is 40. The molecule has 7 unspecified atom stereocenters. The molecule has 380 valence electrons. The first-order chi connectivity index (χ1) is 33.3. The highest BCUT2D eigenvalue weighted by molar-refractivity contribution is 5.76. The molecular weight excluding hydrogens is 851 g/mol. The van der Waals surface area contributed by atoms with Gasteiger partial charge >= 0.3 is 0 Å². The van der Waals surface area contributed by atoms with E-state index < -0.39 is 49.5 Å². The average Bonchev–Trinajstić information content (AvgIpc) is 3.34. The number of amides is 1. The Kier molecular flexibility index (Phi) is 42.3. The van der Waals surface area contributed by atoms with E-state index in [-0.39, 0.29) is 18.9 Å². The molecule has 1 amide bonds. The van der Waals surface area contributed by atoms with E-state index in [0.29, 0.717) is 6.42 Å². The zero-order chi connectivity index (χ0) is 49.4. The molecule has 1 aliphatic heterocycles. The van der Waals surface area contributed by atoms with Gasteiger partial charge < -0.3 is 40.3 Å². The Balaban J connectivity index is 2.21. The lowest BCUT2D eigenvalue weighted by atomic mass is 9.99. The van der Waals surface area contributed by atoms with Crippen molar-refractivity contribution >= 4 is 5.91 Å². The lowest BCUT2D eigenvalue weighted by molar-refractivity contribution is -0.302. The van der Waals surface area contributed by atoms with Gasteiger partial charge in [-0.05, 0) is 109 Å². The van der Waals surface area contributed by atoms with E-state index in [9.17, 15) is 30.3 Å². The van der Waals surface area contributed by atoms with Gasteiger partial charge in [0.25, 0.3) is 0 Å². The number of carbonyl (C=O) groups is 1. The van der Waals surface area contributed by atoms with Crippen molar-refractivity contribution in [1.82, 2.24) is 5.32 Å². The summed E-state index contributed by atoms with van der Waals surface area (Å²) in [6.45, 7) is 3.50. The summed E-state index contributed by atoms with van der Waals surface area (Å²) < 4.78 is 11.1. The van der Waals surface area contributed by atoms with Crippen LogP contribution in [0.2, 0.25) is 0 Å². The van der Waals surface area contributed by atoms with Gasteiger partial charge in [0, 0.05) is 6.42 Å². The van der Waals surface area contributed by atoms with E-state index in [1.807, 2.05) is 6.08 Å². The van der Waals surface area contributed by atoms with Crippen LogP contribution in [-0.4, -0.2) is 87.5 Å². The molecule has 1 aliphatic rings. The first-order valence-electron chi connectivity index (χ1n) is 25.7. The third-order valence-electron chi connectivity index (χ3n) is 10.8. The first-order valence-corrected chi connectivity index (χ1v) is 25.7. The minimum Gasteiger partial charge on any atom is -0.394 e. The predicted molar refractivity (Wildman–Crippen MR) is 285 cm³/mol. The molecule has 9 heteroatoms. The summed E-state index contributed by atoms with van der Waals surface area (Å²) in [7, 11) is 0. The molecule has 0 aromatic carbocycles. The van der Waals surface area contributed by atoms with Gasteiger partial charge in [-0.1, -0.05) is 191 Å². The molecular formula is C59H91NO8. The van der Waals surface area contributed by atoms with Crippen LogP contribution < -0.4 is 5.32 Å². The van der Waals surface area contributed by atoms with Crippen LogP contribution in [-0.2, 0) is 14.3 Å². The molecule has 0 aromatic rings. The average molecular weight is 942 g/mol. The van der Waals surface area contributed by atoms with Crippen molar-refractivity contribution in [2.24, 2.45) is 0 Å². The largest absolute Gasteiger partial charge is 0.394 e. The fourth-order valence-corrected chi connectivity index (χ4v) is 6.75. The molecule has 6 N–H and O–H groups in total. The smallest absolute Gasteiger partial charge is 0.220 e. The molecule has 1 heterocycles. The molecule has 7 atom stereocenters. The minimum atomic E-state index is -1.59. The number of allylic oxidation sites excluding steroid dienone is 25. The molecule has 68 heavy (non-hydrogen) atoms. The van der Waals surface area contributed by atoms with Crippen molar-refractivity contribution in [2.45, 2.75) is 192 Å². The normalized spacial score (nSPS) is 21.0. The first kappa shape index (κ1) is 61.8. The van der Waals surface area contributed by atoms with Crippen molar-refractivity contribution in [3.63, 3.8) is 0 Å². The molecule has 0 aliphatic carbocycles. The summed E-state index contributed by atoms with van der Waals surface area (Å²) in [5.74, 6) is -0.231. The van der Waals surface area contributed by atoms with E-state index in [2.05, 4.69) is 165 Å². The summed E-state index contributed by atoms with van der Waals surface area (Å²) in [6, 6.07) is -0.849. The fraction of sp³-hybridized carbons (Fsp3) is 0.542. The maximum absolute atomic E-state index is 12.9. The van der Waals surface area contributed by atoms with Crippen molar-refractivity contribution in [1.29, 1.82) is 0 Å². The van der Waals surface area contributed by atoms with Gasteiger partial charge in [0.1, 0.15) is 24.4 Å².